The monoisotopic (exact) mass is 539 g/mol. The summed E-state index contributed by atoms with van der Waals surface area (Å²) < 4.78 is 27.2. The summed E-state index contributed by atoms with van der Waals surface area (Å²) in [6.45, 7) is 11.2. The van der Waals surface area contributed by atoms with Crippen LogP contribution in [0.5, 0.6) is 0 Å². The van der Waals surface area contributed by atoms with E-state index >= 15 is 0 Å². The van der Waals surface area contributed by atoms with Crippen molar-refractivity contribution in [1.82, 2.24) is 25.3 Å². The maximum Gasteiger partial charge on any atom is 0.321 e. The predicted molar refractivity (Wildman–Crippen MR) is 148 cm³/mol. The van der Waals surface area contributed by atoms with Crippen LogP contribution < -0.4 is 15.4 Å². The molecule has 3 aromatic heterocycles. The summed E-state index contributed by atoms with van der Waals surface area (Å²) in [6.07, 6.45) is 4.95. The van der Waals surface area contributed by atoms with E-state index in [9.17, 15) is 13.2 Å². The zero-order chi connectivity index (χ0) is 27.0. The number of nitrogens with zero attached hydrogens (tertiary/aromatic N) is 4. The third-order valence-corrected chi connectivity index (χ3v) is 8.80. The first kappa shape index (κ1) is 26.4. The van der Waals surface area contributed by atoms with Gasteiger partial charge in [-0.3, -0.25) is 15.0 Å². The van der Waals surface area contributed by atoms with Gasteiger partial charge in [-0.1, -0.05) is 11.3 Å². The fourth-order valence-electron chi connectivity index (χ4n) is 3.32. The summed E-state index contributed by atoms with van der Waals surface area (Å²) in [7, 11) is -3.65. The van der Waals surface area contributed by atoms with Crippen LogP contribution in [0, 0.1) is 13.8 Å². The number of carbonyl (C=O) groups is 1. The molecule has 0 aliphatic heterocycles. The number of carbonyl (C=O) groups excluding carboxylic acids is 1. The van der Waals surface area contributed by atoms with Crippen molar-refractivity contribution in [2.45, 2.75) is 46.3 Å². The Bertz CT molecular complexity index is 1570. The average molecular weight is 540 g/mol. The average Bonchev–Trinajstić information content (AvgIpc) is 3.22. The predicted octanol–water partition coefficient (Wildman–Crippen LogP) is 5.11. The minimum absolute atomic E-state index is 0.00196. The van der Waals surface area contributed by atoms with Crippen molar-refractivity contribution in [3.05, 3.63) is 47.9 Å². The van der Waals surface area contributed by atoms with E-state index in [1.165, 1.54) is 11.3 Å². The number of aromatic nitrogens is 4. The number of urea groups is 1. The van der Waals surface area contributed by atoms with E-state index in [2.05, 4.69) is 35.3 Å². The van der Waals surface area contributed by atoms with Crippen LogP contribution in [-0.4, -0.2) is 45.7 Å². The van der Waals surface area contributed by atoms with Crippen LogP contribution in [0.25, 0.3) is 32.6 Å². The number of nitrogens with one attached hydrogen (secondary N) is 3. The summed E-state index contributed by atoms with van der Waals surface area (Å²) in [5.41, 5.74) is 5.96. The molecule has 3 N–H and O–H groups in total. The molecule has 10 nitrogen and oxygen atoms in total. The highest BCUT2D eigenvalue weighted by atomic mass is 32.2. The maximum atomic E-state index is 12.5. The number of aryl methyl sites for hydroxylation is 2. The van der Waals surface area contributed by atoms with Gasteiger partial charge in [0.25, 0.3) is 0 Å². The van der Waals surface area contributed by atoms with Gasteiger partial charge in [-0.25, -0.2) is 28.2 Å². The molecule has 37 heavy (non-hydrogen) atoms. The minimum Gasteiger partial charge on any atom is -0.338 e. The van der Waals surface area contributed by atoms with E-state index in [-0.39, 0.29) is 12.0 Å². The third kappa shape index (κ3) is 5.70. The number of sulfonamides is 1. The van der Waals surface area contributed by atoms with Crippen molar-refractivity contribution in [3.63, 3.8) is 0 Å². The van der Waals surface area contributed by atoms with E-state index < -0.39 is 14.8 Å². The van der Waals surface area contributed by atoms with Crippen LogP contribution in [0.3, 0.4) is 0 Å². The second-order valence-electron chi connectivity index (χ2n) is 9.54. The number of rotatable bonds is 6. The van der Waals surface area contributed by atoms with Crippen LogP contribution in [0.1, 0.15) is 38.8 Å². The van der Waals surface area contributed by atoms with Crippen LogP contribution in [0.15, 0.2) is 36.8 Å². The van der Waals surface area contributed by atoms with Crippen molar-refractivity contribution in [2.24, 2.45) is 0 Å². The van der Waals surface area contributed by atoms with Gasteiger partial charge in [0.2, 0.25) is 16.0 Å². The number of fused-ring (bicyclic) bond motifs is 1. The lowest BCUT2D eigenvalue weighted by Gasteiger charge is -2.19. The zero-order valence-electron chi connectivity index (χ0n) is 21.5. The second kappa shape index (κ2) is 10.0. The molecule has 4 rings (SSSR count). The van der Waals surface area contributed by atoms with Crippen molar-refractivity contribution in [3.8, 4) is 22.4 Å². The lowest BCUT2D eigenvalue weighted by Crippen LogP contribution is -2.34. The minimum atomic E-state index is -3.65. The molecule has 0 aliphatic carbocycles. The molecule has 4 aromatic rings. The number of pyridine rings is 1. The Hall–Kier alpha value is -3.64. The Morgan fingerprint density at radius 2 is 1.68 bits per heavy atom. The molecule has 0 aliphatic rings. The summed E-state index contributed by atoms with van der Waals surface area (Å²) >= 11 is 1.37. The molecular formula is C25H29N7O3S2. The summed E-state index contributed by atoms with van der Waals surface area (Å²) in [5.74, 6) is -0.00196. The molecule has 0 radical (unpaired) electrons. The largest absolute Gasteiger partial charge is 0.338 e. The van der Waals surface area contributed by atoms with Crippen molar-refractivity contribution >= 4 is 48.7 Å². The highest BCUT2D eigenvalue weighted by molar-refractivity contribution is 7.94. The van der Waals surface area contributed by atoms with Crippen LogP contribution >= 0.6 is 11.3 Å². The molecule has 2 amide bonds. The first-order chi connectivity index (χ1) is 17.4. The van der Waals surface area contributed by atoms with Gasteiger partial charge in [0, 0.05) is 36.3 Å². The number of hydrogen-bond donors (Lipinski definition) is 3. The lowest BCUT2D eigenvalue weighted by molar-refractivity contribution is 0.252. The fourth-order valence-corrected chi connectivity index (χ4v) is 4.94. The molecule has 0 atom stereocenters. The van der Waals surface area contributed by atoms with E-state index in [1.54, 1.807) is 33.2 Å². The molecule has 0 bridgehead atoms. The Morgan fingerprint density at radius 1 is 0.973 bits per heavy atom. The Morgan fingerprint density at radius 3 is 2.30 bits per heavy atom. The van der Waals surface area contributed by atoms with E-state index in [0.717, 1.165) is 32.6 Å². The van der Waals surface area contributed by atoms with E-state index in [1.807, 2.05) is 45.2 Å². The third-order valence-electron chi connectivity index (χ3n) is 5.71. The SMILES string of the molecule is CCNC(=O)Nc1nc2cc(-c3cnc(NS(=O)(=O)C(C)(C)C)nc3)cc(-c3cc(C)c(C)cn3)c2s1. The van der Waals surface area contributed by atoms with Crippen molar-refractivity contribution in [2.75, 3.05) is 16.6 Å². The molecular weight excluding hydrogens is 510 g/mol. The smallest absolute Gasteiger partial charge is 0.321 e. The van der Waals surface area contributed by atoms with Crippen LogP contribution in [-0.2, 0) is 10.0 Å². The topological polar surface area (TPSA) is 139 Å². The Kier molecular flexibility index (Phi) is 7.16. The molecule has 194 valence electrons. The van der Waals surface area contributed by atoms with Gasteiger partial charge in [-0.15, -0.1) is 0 Å². The van der Waals surface area contributed by atoms with Gasteiger partial charge in [-0.2, -0.15) is 0 Å². The number of thiazole rings is 1. The number of amides is 2. The second-order valence-corrected chi connectivity index (χ2v) is 13.0. The molecule has 0 spiro atoms. The number of hydrogen-bond acceptors (Lipinski definition) is 8. The Balaban J connectivity index is 1.78. The summed E-state index contributed by atoms with van der Waals surface area (Å²) in [4.78, 5) is 29.8. The Labute approximate surface area is 220 Å². The molecule has 0 saturated carbocycles. The summed E-state index contributed by atoms with van der Waals surface area (Å²) in [6, 6.07) is 5.56. The van der Waals surface area contributed by atoms with Crippen molar-refractivity contribution < 1.29 is 13.2 Å². The van der Waals surface area contributed by atoms with E-state index in [0.29, 0.717) is 22.8 Å². The molecule has 3 heterocycles. The van der Waals surface area contributed by atoms with Gasteiger partial charge < -0.3 is 5.32 Å². The molecule has 0 unspecified atom stereocenters. The molecule has 0 fully saturated rings. The van der Waals surface area contributed by atoms with Gasteiger partial charge in [0.1, 0.15) is 0 Å². The lowest BCUT2D eigenvalue weighted by atomic mass is 10.0. The van der Waals surface area contributed by atoms with Gasteiger partial charge in [0.15, 0.2) is 5.13 Å². The first-order valence-electron chi connectivity index (χ1n) is 11.7. The van der Waals surface area contributed by atoms with Gasteiger partial charge in [-0.05, 0) is 76.4 Å². The molecule has 1 aromatic carbocycles. The molecule has 12 heteroatoms. The molecule has 0 saturated heterocycles. The highest BCUT2D eigenvalue weighted by Crippen LogP contribution is 2.38. The highest BCUT2D eigenvalue weighted by Gasteiger charge is 2.29. The first-order valence-corrected chi connectivity index (χ1v) is 14.0. The maximum absolute atomic E-state index is 12.5. The van der Waals surface area contributed by atoms with E-state index in [4.69, 9.17) is 0 Å². The zero-order valence-corrected chi connectivity index (χ0v) is 23.1. The number of anilines is 2. The fraction of sp³-hybridized carbons (Fsp3) is 0.320. The van der Waals surface area contributed by atoms with Crippen LogP contribution in [0.4, 0.5) is 15.9 Å². The van der Waals surface area contributed by atoms with Crippen molar-refractivity contribution in [1.29, 1.82) is 0 Å². The van der Waals surface area contributed by atoms with Gasteiger partial charge >= 0.3 is 6.03 Å². The quantitative estimate of drug-likeness (QED) is 0.309. The standard InChI is InChI=1S/C25H29N7O3S2/c1-7-26-23(33)31-24-30-20-10-16(9-18(21(20)36-24)19-8-14(2)15(3)11-27-19)17-12-28-22(29-13-17)32-37(34,35)25(4,5)6/h8-13H,7H2,1-6H3,(H,28,29,32)(H2,26,30,31,33). The van der Waals surface area contributed by atoms with Crippen LogP contribution in [0.2, 0.25) is 0 Å². The van der Waals surface area contributed by atoms with Gasteiger partial charge in [0.05, 0.1) is 20.7 Å². The number of benzene rings is 1. The summed E-state index contributed by atoms with van der Waals surface area (Å²) in [5, 5.41) is 5.95. The normalized spacial score (nSPS) is 11.9.